The molecule has 3 aliphatic rings. The normalized spacial score (nSPS) is 28.6. The molecule has 554 valence electrons. The van der Waals surface area contributed by atoms with Crippen molar-refractivity contribution < 1.29 is 117 Å². The van der Waals surface area contributed by atoms with Crippen LogP contribution in [-0.4, -0.2) is 204 Å². The number of phosphoric ester groups is 1. The van der Waals surface area contributed by atoms with Crippen molar-refractivity contribution in [2.45, 2.75) is 389 Å². The lowest BCUT2D eigenvalue weighted by atomic mass is 9.84. The Hall–Kier alpha value is -2.04. The van der Waals surface area contributed by atoms with Gasteiger partial charge in [-0.15, -0.1) is 0 Å². The van der Waals surface area contributed by atoms with Crippen molar-refractivity contribution in [3.63, 3.8) is 0 Å². The van der Waals surface area contributed by atoms with Crippen LogP contribution in [0.4, 0.5) is 0 Å². The van der Waals surface area contributed by atoms with Crippen molar-refractivity contribution in [3.8, 4) is 0 Å². The minimum atomic E-state index is -5.69. The average molecular weight is 1370 g/mol. The molecule has 2 heterocycles. The number of aliphatic hydroxyl groups excluding tert-OH is 10. The molecule has 1 saturated carbocycles. The monoisotopic (exact) mass is 1370 g/mol. The number of carbonyl (C=O) groups is 3. The number of aliphatic hydroxyl groups is 10. The summed E-state index contributed by atoms with van der Waals surface area (Å²) in [6.45, 7) is 5.74. The summed E-state index contributed by atoms with van der Waals surface area (Å²) in [5.74, 6) is -1.28. The highest BCUT2D eigenvalue weighted by Crippen LogP contribution is 2.49. The first-order chi connectivity index (χ1) is 45.2. The molecule has 0 spiro atoms. The van der Waals surface area contributed by atoms with Gasteiger partial charge in [0.1, 0.15) is 98.7 Å². The first-order valence-corrected chi connectivity index (χ1v) is 38.2. The Morgan fingerprint density at radius 3 is 1.15 bits per heavy atom. The minimum Gasteiger partial charge on any atom is -0.463 e. The van der Waals surface area contributed by atoms with Crippen LogP contribution >= 0.6 is 7.82 Å². The molecule has 19 unspecified atom stereocenters. The van der Waals surface area contributed by atoms with Crippen LogP contribution in [0.15, 0.2) is 0 Å². The molecule has 3 rings (SSSR count). The Morgan fingerprint density at radius 1 is 0.404 bits per heavy atom. The zero-order valence-corrected chi connectivity index (χ0v) is 58.6. The molecule has 2 aliphatic heterocycles. The molecule has 1 aliphatic carbocycles. The van der Waals surface area contributed by atoms with E-state index in [-0.39, 0.29) is 19.3 Å². The zero-order valence-electron chi connectivity index (χ0n) is 57.7. The standard InChI is InChI=1S/C69H129O24P/c1-5-8-11-14-17-19-21-23-25-27-34-39-44-55(73)88-50(46-85-53(71)42-37-32-26-24-22-20-18-15-12-9-6-2)47-87-94(83,84)93-67-65(91-68-63(81)58(76)56(74)51(45-70)89-68)61(79)60(78)62(80)66(67)92-69-64(82)59(77)57(75)52(90-69)48-86-54(72)43-38-33-29-28-31-36-41-49(4)40-35-30-16-13-10-7-3/h49-52,56-70,74-82H,5-48H2,1-4H3,(H,83,84). The molecular formula is C69H129O24P. The predicted octanol–water partition coefficient (Wildman–Crippen LogP) is 9.26. The second-order valence-electron chi connectivity index (χ2n) is 26.9. The number of hydrogen-bond acceptors (Lipinski definition) is 23. The molecule has 0 aromatic heterocycles. The van der Waals surface area contributed by atoms with Crippen LogP contribution in [0.3, 0.4) is 0 Å². The van der Waals surface area contributed by atoms with Crippen LogP contribution in [0.5, 0.6) is 0 Å². The van der Waals surface area contributed by atoms with Crippen molar-refractivity contribution >= 4 is 25.7 Å². The smallest absolute Gasteiger partial charge is 0.463 e. The number of phosphoric acid groups is 1. The van der Waals surface area contributed by atoms with Gasteiger partial charge < -0.3 is 89.1 Å². The third-order valence-corrected chi connectivity index (χ3v) is 19.5. The number of rotatable bonds is 56. The SMILES string of the molecule is CCCCCCCCCCCCCCC(=O)OC(COC(=O)CCCCCCCCCCCCC)COP(=O)(O)OC1C(OC2OC(CO)C(O)C(O)C2O)C(O)C(O)C(O)C1OC1OC(COC(=O)CCCCCCCCC(C)CCCCCCCC)C(O)C(O)C1O. The summed E-state index contributed by atoms with van der Waals surface area (Å²) in [6.07, 6.45) is 4.86. The van der Waals surface area contributed by atoms with Gasteiger partial charge in [-0.3, -0.25) is 23.4 Å². The van der Waals surface area contributed by atoms with E-state index in [4.69, 9.17) is 42.2 Å². The molecule has 3 fully saturated rings. The van der Waals surface area contributed by atoms with E-state index in [0.717, 1.165) is 96.3 Å². The van der Waals surface area contributed by atoms with Crippen molar-refractivity contribution in [1.82, 2.24) is 0 Å². The Morgan fingerprint density at radius 2 is 0.745 bits per heavy atom. The number of carbonyl (C=O) groups excluding carboxylic acids is 3. The van der Waals surface area contributed by atoms with Gasteiger partial charge in [0, 0.05) is 19.3 Å². The second-order valence-corrected chi connectivity index (χ2v) is 28.3. The van der Waals surface area contributed by atoms with E-state index in [2.05, 4.69) is 27.7 Å². The maximum absolute atomic E-state index is 14.3. The number of hydrogen-bond donors (Lipinski definition) is 11. The van der Waals surface area contributed by atoms with Gasteiger partial charge in [-0.1, -0.05) is 246 Å². The molecule has 11 N–H and O–H groups in total. The third-order valence-electron chi connectivity index (χ3n) is 18.5. The fourth-order valence-electron chi connectivity index (χ4n) is 12.4. The maximum atomic E-state index is 14.3. The molecule has 24 nitrogen and oxygen atoms in total. The number of esters is 3. The van der Waals surface area contributed by atoms with E-state index in [9.17, 15) is 74.9 Å². The number of unbranched alkanes of at least 4 members (excludes halogenated alkanes) is 31. The van der Waals surface area contributed by atoms with Gasteiger partial charge in [-0.05, 0) is 25.2 Å². The lowest BCUT2D eigenvalue weighted by Gasteiger charge is -2.49. The van der Waals surface area contributed by atoms with Gasteiger partial charge >= 0.3 is 25.7 Å². The molecular weight excluding hydrogens is 1240 g/mol. The van der Waals surface area contributed by atoms with Crippen molar-refractivity contribution in [2.24, 2.45) is 5.92 Å². The Bertz CT molecular complexity index is 1980. The van der Waals surface area contributed by atoms with E-state index >= 15 is 0 Å². The molecule has 0 amide bonds. The molecule has 2 saturated heterocycles. The zero-order chi connectivity index (χ0) is 69.1. The summed E-state index contributed by atoms with van der Waals surface area (Å²) in [4.78, 5) is 50.9. The summed E-state index contributed by atoms with van der Waals surface area (Å²) in [5.41, 5.74) is 0. The van der Waals surface area contributed by atoms with E-state index in [1.54, 1.807) is 0 Å². The van der Waals surface area contributed by atoms with Gasteiger partial charge in [0.25, 0.3) is 0 Å². The van der Waals surface area contributed by atoms with Crippen LogP contribution < -0.4 is 0 Å². The van der Waals surface area contributed by atoms with Gasteiger partial charge in [0.2, 0.25) is 0 Å². The molecule has 0 bridgehead atoms. The van der Waals surface area contributed by atoms with Crippen LogP contribution in [0.1, 0.15) is 285 Å². The highest BCUT2D eigenvalue weighted by Gasteiger charge is 2.58. The third kappa shape index (κ3) is 34.8. The molecule has 94 heavy (non-hydrogen) atoms. The Balaban J connectivity index is 1.74. The summed E-state index contributed by atoms with van der Waals surface area (Å²) < 4.78 is 64.9. The number of ether oxygens (including phenoxy) is 7. The first-order valence-electron chi connectivity index (χ1n) is 36.7. The quantitative estimate of drug-likeness (QED) is 0.0117. The van der Waals surface area contributed by atoms with Gasteiger partial charge in [0.15, 0.2) is 18.7 Å². The largest absolute Gasteiger partial charge is 0.472 e. The van der Waals surface area contributed by atoms with Crippen molar-refractivity contribution in [2.75, 3.05) is 26.4 Å². The van der Waals surface area contributed by atoms with E-state index in [1.807, 2.05) is 0 Å². The lowest BCUT2D eigenvalue weighted by molar-refractivity contribution is -0.360. The van der Waals surface area contributed by atoms with Gasteiger partial charge in [-0.2, -0.15) is 0 Å². The average Bonchev–Trinajstić information content (AvgIpc) is 0.763. The molecule has 0 aromatic rings. The van der Waals surface area contributed by atoms with E-state index in [1.165, 1.54) is 122 Å². The molecule has 0 aromatic carbocycles. The topological polar surface area (TPSA) is 374 Å². The van der Waals surface area contributed by atoms with Crippen LogP contribution in [0.25, 0.3) is 0 Å². The van der Waals surface area contributed by atoms with Crippen LogP contribution in [0.2, 0.25) is 0 Å². The maximum Gasteiger partial charge on any atom is 0.472 e. The molecule has 25 heteroatoms. The summed E-state index contributed by atoms with van der Waals surface area (Å²) in [5, 5.41) is 110. The highest BCUT2D eigenvalue weighted by atomic mass is 31.2. The fraction of sp³-hybridized carbons (Fsp3) is 0.957. The van der Waals surface area contributed by atoms with Crippen molar-refractivity contribution in [1.29, 1.82) is 0 Å². The summed E-state index contributed by atoms with van der Waals surface area (Å²) in [7, 11) is -5.69. The Labute approximate surface area is 561 Å². The Kier molecular flexibility index (Phi) is 46.9. The lowest BCUT2D eigenvalue weighted by Crippen LogP contribution is -2.69. The van der Waals surface area contributed by atoms with E-state index < -0.39 is 156 Å². The summed E-state index contributed by atoms with van der Waals surface area (Å²) >= 11 is 0. The fourth-order valence-corrected chi connectivity index (χ4v) is 13.4. The minimum absolute atomic E-state index is 0.0309. The van der Waals surface area contributed by atoms with Gasteiger partial charge in [0.05, 0.1) is 13.2 Å². The highest BCUT2D eigenvalue weighted by molar-refractivity contribution is 7.47. The predicted molar refractivity (Wildman–Crippen MR) is 352 cm³/mol. The molecule has 19 atom stereocenters. The van der Waals surface area contributed by atoms with Gasteiger partial charge in [-0.25, -0.2) is 4.57 Å². The first kappa shape index (κ1) is 86.2. The van der Waals surface area contributed by atoms with E-state index in [0.29, 0.717) is 25.2 Å². The van der Waals surface area contributed by atoms with Crippen molar-refractivity contribution in [3.05, 3.63) is 0 Å². The second kappa shape index (κ2) is 51.2. The van der Waals surface area contributed by atoms with Crippen LogP contribution in [-0.2, 0) is 61.2 Å². The van der Waals surface area contributed by atoms with Crippen LogP contribution in [0, 0.1) is 5.92 Å². The summed E-state index contributed by atoms with van der Waals surface area (Å²) in [6, 6.07) is 0. The molecule has 0 radical (unpaired) electrons.